The van der Waals surface area contributed by atoms with Crippen molar-refractivity contribution >= 4 is 67.0 Å². The minimum Gasteiger partial charge on any atom is -0.490 e. The van der Waals surface area contributed by atoms with Crippen molar-refractivity contribution in [3.8, 4) is 11.5 Å². The Hall–Kier alpha value is -3.70. The van der Waals surface area contributed by atoms with Crippen LogP contribution in [0.1, 0.15) is 12.5 Å². The predicted octanol–water partition coefficient (Wildman–Crippen LogP) is 5.23. The Balaban J connectivity index is 1.57. The van der Waals surface area contributed by atoms with Gasteiger partial charge in [0.1, 0.15) is 11.4 Å². The van der Waals surface area contributed by atoms with E-state index in [0.717, 1.165) is 0 Å². The average molecular weight is 633 g/mol. The number of hydrogen-bond acceptors (Lipinski definition) is 5. The van der Waals surface area contributed by atoms with Gasteiger partial charge in [0, 0.05) is 10.2 Å². The number of rotatable bonds is 8. The molecule has 3 aromatic rings. The highest BCUT2D eigenvalue weighted by Gasteiger charge is 2.34. The van der Waals surface area contributed by atoms with E-state index in [-0.39, 0.29) is 17.9 Å². The normalized spacial score (nSPS) is 14.1. The zero-order chi connectivity index (χ0) is 26.5. The van der Waals surface area contributed by atoms with Crippen LogP contribution in [0.2, 0.25) is 0 Å². The number of para-hydroxylation sites is 1. The van der Waals surface area contributed by atoms with Crippen molar-refractivity contribution in [1.29, 1.82) is 0 Å². The van der Waals surface area contributed by atoms with Crippen LogP contribution in [0, 0.1) is 5.82 Å². The number of carbonyl (C=O) groups excluding carboxylic acids is 3. The molecular weight excluding hydrogens is 613 g/mol. The summed E-state index contributed by atoms with van der Waals surface area (Å²) in [4.78, 5) is 37.9. The van der Waals surface area contributed by atoms with Crippen LogP contribution >= 0.6 is 31.9 Å². The van der Waals surface area contributed by atoms with Crippen molar-refractivity contribution in [2.75, 3.05) is 23.5 Å². The van der Waals surface area contributed by atoms with Gasteiger partial charge in [-0.15, -0.1) is 0 Å². The van der Waals surface area contributed by atoms with E-state index in [0.29, 0.717) is 38.2 Å². The number of hydrazine groups is 1. The summed E-state index contributed by atoms with van der Waals surface area (Å²) in [6, 6.07) is 15.7. The molecule has 3 aromatic carbocycles. The SMILES string of the molecule is CCOc1cc(/C=C2/C(=O)NN(c3ccccc3)C2=O)c(Br)c(Br)c1OCC(=O)Nc1ccc(F)cc1. The molecular formula is C26H20Br2FN3O5. The quantitative estimate of drug-likeness (QED) is 0.262. The van der Waals surface area contributed by atoms with E-state index in [2.05, 4.69) is 42.6 Å². The summed E-state index contributed by atoms with van der Waals surface area (Å²) in [6.07, 6.45) is 1.45. The van der Waals surface area contributed by atoms with Crippen molar-refractivity contribution in [2.45, 2.75) is 6.92 Å². The first-order valence-corrected chi connectivity index (χ1v) is 12.6. The van der Waals surface area contributed by atoms with Crippen molar-refractivity contribution in [2.24, 2.45) is 0 Å². The maximum atomic E-state index is 13.1. The molecule has 1 aliphatic rings. The van der Waals surface area contributed by atoms with Gasteiger partial charge in [0.05, 0.1) is 16.8 Å². The molecule has 0 saturated carbocycles. The maximum Gasteiger partial charge on any atom is 0.282 e. The fourth-order valence-electron chi connectivity index (χ4n) is 3.45. The molecule has 3 amide bonds. The van der Waals surface area contributed by atoms with E-state index in [1.165, 1.54) is 35.4 Å². The van der Waals surface area contributed by atoms with E-state index in [9.17, 15) is 18.8 Å². The summed E-state index contributed by atoms with van der Waals surface area (Å²) in [6.45, 7) is 1.73. The molecule has 0 spiro atoms. The molecule has 37 heavy (non-hydrogen) atoms. The monoisotopic (exact) mass is 631 g/mol. The molecule has 0 radical (unpaired) electrons. The highest BCUT2D eigenvalue weighted by atomic mass is 79.9. The van der Waals surface area contributed by atoms with Gasteiger partial charge >= 0.3 is 0 Å². The number of nitrogens with one attached hydrogen (secondary N) is 2. The van der Waals surface area contributed by atoms with Crippen LogP contribution in [0.4, 0.5) is 15.8 Å². The Morgan fingerprint density at radius 1 is 1.05 bits per heavy atom. The van der Waals surface area contributed by atoms with Crippen LogP contribution < -0.4 is 25.2 Å². The molecule has 0 atom stereocenters. The molecule has 1 saturated heterocycles. The van der Waals surface area contributed by atoms with Gasteiger partial charge in [0.25, 0.3) is 17.7 Å². The zero-order valence-corrected chi connectivity index (χ0v) is 22.6. The molecule has 8 nitrogen and oxygen atoms in total. The third-order valence-electron chi connectivity index (χ3n) is 5.14. The van der Waals surface area contributed by atoms with Gasteiger partial charge in [-0.05, 0) is 92.9 Å². The number of carbonyl (C=O) groups is 3. The zero-order valence-electron chi connectivity index (χ0n) is 19.4. The number of benzene rings is 3. The van der Waals surface area contributed by atoms with E-state index < -0.39 is 23.5 Å². The van der Waals surface area contributed by atoms with E-state index >= 15 is 0 Å². The summed E-state index contributed by atoms with van der Waals surface area (Å²) in [5, 5.41) is 3.80. The van der Waals surface area contributed by atoms with Gasteiger partial charge in [-0.1, -0.05) is 18.2 Å². The fraction of sp³-hybridized carbons (Fsp3) is 0.115. The highest BCUT2D eigenvalue weighted by Crippen LogP contribution is 2.44. The molecule has 190 valence electrons. The predicted molar refractivity (Wildman–Crippen MR) is 144 cm³/mol. The molecule has 0 aliphatic carbocycles. The molecule has 1 fully saturated rings. The van der Waals surface area contributed by atoms with Gasteiger partial charge in [0.15, 0.2) is 18.1 Å². The van der Waals surface area contributed by atoms with Crippen LogP contribution in [-0.2, 0) is 14.4 Å². The van der Waals surface area contributed by atoms with Gasteiger partial charge in [0.2, 0.25) is 0 Å². The summed E-state index contributed by atoms with van der Waals surface area (Å²) >= 11 is 6.93. The largest absolute Gasteiger partial charge is 0.490 e. The van der Waals surface area contributed by atoms with Crippen molar-refractivity contribution in [1.82, 2.24) is 5.43 Å². The highest BCUT2D eigenvalue weighted by molar-refractivity contribution is 9.13. The Kier molecular flexibility index (Phi) is 8.24. The average Bonchev–Trinajstić information content (AvgIpc) is 3.17. The second-order valence-electron chi connectivity index (χ2n) is 7.67. The van der Waals surface area contributed by atoms with Gasteiger partial charge in [-0.3, -0.25) is 19.8 Å². The standard InChI is InChI=1S/C26H20Br2FN3O5/c1-2-36-20-13-15(12-19-25(34)31-32(26(19)35)18-6-4-3-5-7-18)22(27)23(28)24(20)37-14-21(33)30-17-10-8-16(29)9-11-17/h3-13H,2,14H2,1H3,(H,30,33)(H,31,34)/b19-12-. The first-order chi connectivity index (χ1) is 17.8. The van der Waals surface area contributed by atoms with Crippen LogP contribution in [0.25, 0.3) is 6.08 Å². The van der Waals surface area contributed by atoms with Gasteiger partial charge in [-0.2, -0.15) is 0 Å². The van der Waals surface area contributed by atoms with Crippen LogP contribution in [0.5, 0.6) is 11.5 Å². The van der Waals surface area contributed by atoms with Crippen molar-refractivity contribution in [3.05, 3.63) is 86.6 Å². The van der Waals surface area contributed by atoms with Gasteiger partial charge < -0.3 is 14.8 Å². The molecule has 2 N–H and O–H groups in total. The molecule has 1 aliphatic heterocycles. The Morgan fingerprint density at radius 2 is 1.76 bits per heavy atom. The lowest BCUT2D eigenvalue weighted by Crippen LogP contribution is -2.35. The topological polar surface area (TPSA) is 97.0 Å². The lowest BCUT2D eigenvalue weighted by Gasteiger charge is -2.16. The number of halogens is 3. The Bertz CT molecular complexity index is 1380. The second-order valence-corrected chi connectivity index (χ2v) is 9.26. The van der Waals surface area contributed by atoms with Gasteiger partial charge in [-0.25, -0.2) is 9.40 Å². The minimum absolute atomic E-state index is 0.0637. The number of hydrogen-bond donors (Lipinski definition) is 2. The molecule has 1 heterocycles. The van der Waals surface area contributed by atoms with Crippen molar-refractivity contribution < 1.29 is 28.2 Å². The summed E-state index contributed by atoms with van der Waals surface area (Å²) in [5.41, 5.74) is 3.93. The first-order valence-electron chi connectivity index (χ1n) is 11.0. The smallest absolute Gasteiger partial charge is 0.282 e. The Labute approximate surface area is 228 Å². The fourth-order valence-corrected chi connectivity index (χ4v) is 4.39. The Morgan fingerprint density at radius 3 is 2.43 bits per heavy atom. The molecule has 4 rings (SSSR count). The first kappa shape index (κ1) is 26.4. The lowest BCUT2D eigenvalue weighted by molar-refractivity contribution is -0.118. The van der Waals surface area contributed by atoms with Crippen LogP contribution in [-0.4, -0.2) is 30.9 Å². The second kappa shape index (κ2) is 11.6. The van der Waals surface area contributed by atoms with Crippen LogP contribution in [0.15, 0.2) is 75.2 Å². The van der Waals surface area contributed by atoms with Crippen LogP contribution in [0.3, 0.4) is 0 Å². The minimum atomic E-state index is -0.548. The summed E-state index contributed by atoms with van der Waals surface area (Å²) in [5.74, 6) is -1.38. The van der Waals surface area contributed by atoms with E-state index in [1.807, 2.05) is 6.07 Å². The number of amides is 3. The third kappa shape index (κ3) is 6.00. The summed E-state index contributed by atoms with van der Waals surface area (Å²) < 4.78 is 25.4. The molecule has 0 aromatic heterocycles. The summed E-state index contributed by atoms with van der Waals surface area (Å²) in [7, 11) is 0. The lowest BCUT2D eigenvalue weighted by atomic mass is 10.1. The van der Waals surface area contributed by atoms with E-state index in [1.54, 1.807) is 37.3 Å². The molecule has 0 bridgehead atoms. The number of ether oxygens (including phenoxy) is 2. The number of nitrogens with zero attached hydrogens (tertiary/aromatic N) is 1. The number of anilines is 2. The van der Waals surface area contributed by atoms with Crippen molar-refractivity contribution in [3.63, 3.8) is 0 Å². The third-order valence-corrected chi connectivity index (χ3v) is 7.28. The maximum absolute atomic E-state index is 13.1. The van der Waals surface area contributed by atoms with E-state index in [4.69, 9.17) is 9.47 Å². The molecule has 0 unspecified atom stereocenters. The molecule has 11 heteroatoms.